The molecule has 0 aromatic rings. The number of rotatable bonds is 17. The molecule has 0 amide bonds. The van der Waals surface area contributed by atoms with Gasteiger partial charge in [0.2, 0.25) is 0 Å². The number of esters is 2. The van der Waals surface area contributed by atoms with Crippen LogP contribution in [0, 0.1) is 0 Å². The molecular formula is C46H87NO5. The Hall–Kier alpha value is -1.14. The second kappa shape index (κ2) is 34.4. The Kier molecular flexibility index (Phi) is 31.1. The predicted molar refractivity (Wildman–Crippen MR) is 219 cm³/mol. The number of nitrogens with zero attached hydrogens (tertiary/aromatic N) is 1. The van der Waals surface area contributed by atoms with Crippen molar-refractivity contribution in [2.24, 2.45) is 0 Å². The summed E-state index contributed by atoms with van der Waals surface area (Å²) in [6, 6.07) is 0.429. The van der Waals surface area contributed by atoms with Crippen molar-refractivity contribution in [3.8, 4) is 0 Å². The average Bonchev–Trinajstić information content (AvgIpc) is 3.15. The molecule has 0 spiro atoms. The number of carbonyl (C=O) groups excluding carboxylic acids is 2. The van der Waals surface area contributed by atoms with Gasteiger partial charge in [0.15, 0.2) is 0 Å². The third kappa shape index (κ3) is 27.4. The average molecular weight is 734 g/mol. The highest BCUT2D eigenvalue weighted by atomic mass is 16.5. The van der Waals surface area contributed by atoms with Gasteiger partial charge in [-0.3, -0.25) is 9.59 Å². The Morgan fingerprint density at radius 2 is 0.788 bits per heavy atom. The Balaban J connectivity index is 1.73. The lowest BCUT2D eigenvalue weighted by atomic mass is 10.00. The minimum Gasteiger partial charge on any atom is -0.462 e. The molecule has 0 aromatic heterocycles. The Morgan fingerprint density at radius 3 is 1.10 bits per heavy atom. The van der Waals surface area contributed by atoms with Gasteiger partial charge in [0.1, 0.15) is 12.2 Å². The second-order valence-electron chi connectivity index (χ2n) is 16.9. The van der Waals surface area contributed by atoms with Gasteiger partial charge in [-0.25, -0.2) is 0 Å². The van der Waals surface area contributed by atoms with E-state index in [-0.39, 0.29) is 30.8 Å². The van der Waals surface area contributed by atoms with Crippen LogP contribution in [-0.4, -0.2) is 60.4 Å². The molecule has 0 bridgehead atoms. The van der Waals surface area contributed by atoms with E-state index in [0.717, 1.165) is 83.6 Å². The Morgan fingerprint density at radius 1 is 0.481 bits per heavy atom. The van der Waals surface area contributed by atoms with Crippen molar-refractivity contribution in [3.63, 3.8) is 0 Å². The van der Waals surface area contributed by atoms with E-state index in [1.165, 1.54) is 154 Å². The van der Waals surface area contributed by atoms with E-state index in [9.17, 15) is 14.7 Å². The van der Waals surface area contributed by atoms with Crippen LogP contribution in [0.2, 0.25) is 0 Å². The van der Waals surface area contributed by atoms with Gasteiger partial charge in [-0.05, 0) is 103 Å². The topological polar surface area (TPSA) is 76.1 Å². The second-order valence-corrected chi connectivity index (χ2v) is 16.9. The summed E-state index contributed by atoms with van der Waals surface area (Å²) in [4.78, 5) is 28.3. The lowest BCUT2D eigenvalue weighted by Gasteiger charge is -2.28. The largest absolute Gasteiger partial charge is 0.462 e. The molecule has 306 valence electrons. The fourth-order valence-electron chi connectivity index (χ4n) is 8.58. The fraction of sp³-hybridized carbons (Fsp3) is 0.957. The fourth-order valence-corrected chi connectivity index (χ4v) is 8.58. The molecule has 0 aliphatic heterocycles. The summed E-state index contributed by atoms with van der Waals surface area (Å²) < 4.78 is 12.2. The van der Waals surface area contributed by atoms with Crippen molar-refractivity contribution in [1.29, 1.82) is 0 Å². The third-order valence-corrected chi connectivity index (χ3v) is 12.1. The summed E-state index contributed by atoms with van der Waals surface area (Å²) in [6.07, 6.45) is 44.7. The molecule has 6 heteroatoms. The van der Waals surface area contributed by atoms with E-state index in [1.807, 2.05) is 0 Å². The van der Waals surface area contributed by atoms with E-state index in [4.69, 9.17) is 9.47 Å². The maximum absolute atomic E-state index is 12.9. The quantitative estimate of drug-likeness (QED) is 0.118. The molecule has 2 aliphatic carbocycles. The van der Waals surface area contributed by atoms with Crippen LogP contribution >= 0.6 is 0 Å². The van der Waals surface area contributed by atoms with Crippen molar-refractivity contribution in [2.45, 2.75) is 262 Å². The van der Waals surface area contributed by atoms with E-state index >= 15 is 0 Å². The molecule has 1 N–H and O–H groups in total. The van der Waals surface area contributed by atoms with Crippen molar-refractivity contribution in [3.05, 3.63) is 0 Å². The predicted octanol–water partition coefficient (Wildman–Crippen LogP) is 13.0. The van der Waals surface area contributed by atoms with Gasteiger partial charge in [0.05, 0.1) is 0 Å². The first-order valence-corrected chi connectivity index (χ1v) is 23.3. The molecule has 0 heterocycles. The molecule has 52 heavy (non-hydrogen) atoms. The molecule has 2 aliphatic rings. The minimum atomic E-state index is -0.00259. The molecule has 2 rings (SSSR count). The number of unbranched alkanes of at least 4 members (excludes halogenated alkanes) is 3. The molecular weight excluding hydrogens is 647 g/mol. The van der Waals surface area contributed by atoms with E-state index < -0.39 is 0 Å². The zero-order valence-corrected chi connectivity index (χ0v) is 34.5. The third-order valence-electron chi connectivity index (χ3n) is 12.1. The Labute approximate surface area is 322 Å². The summed E-state index contributed by atoms with van der Waals surface area (Å²) in [5.74, 6) is -0.00518. The first kappa shape index (κ1) is 47.0. The molecule has 0 aromatic carbocycles. The van der Waals surface area contributed by atoms with Crippen molar-refractivity contribution in [2.75, 3.05) is 20.2 Å². The van der Waals surface area contributed by atoms with Crippen LogP contribution in [0.5, 0.6) is 0 Å². The van der Waals surface area contributed by atoms with Gasteiger partial charge >= 0.3 is 11.9 Å². The highest BCUT2D eigenvalue weighted by Crippen LogP contribution is 2.23. The first-order valence-electron chi connectivity index (χ1n) is 23.3. The summed E-state index contributed by atoms with van der Waals surface area (Å²) in [5, 5.41) is 9.32. The van der Waals surface area contributed by atoms with Crippen LogP contribution in [0.25, 0.3) is 0 Å². The summed E-state index contributed by atoms with van der Waals surface area (Å²) in [7, 11) is 2.20. The summed E-state index contributed by atoms with van der Waals surface area (Å²) >= 11 is 0. The molecule has 2 fully saturated rings. The van der Waals surface area contributed by atoms with Crippen LogP contribution in [0.1, 0.15) is 244 Å². The van der Waals surface area contributed by atoms with Crippen LogP contribution in [0.15, 0.2) is 0 Å². The minimum absolute atomic E-state index is 0.00259. The molecule has 0 unspecified atom stereocenters. The lowest BCUT2D eigenvalue weighted by Crippen LogP contribution is -2.32. The highest BCUT2D eigenvalue weighted by molar-refractivity contribution is 5.69. The van der Waals surface area contributed by atoms with Gasteiger partial charge in [-0.1, -0.05) is 141 Å². The standard InChI is InChI=1S/C46H87NO5/c1-47(40-30-31-41-48)42(32-26-28-38-45(49)51-43-34-22-18-14-10-6-2-3-7-11-15-19-23-35-43)33-27-29-39-46(50)52-44-36-24-20-16-12-8-4-5-9-13-17-21-25-37-44/h42-44,48H,2-41H2,1H3. The van der Waals surface area contributed by atoms with Crippen molar-refractivity contribution < 1.29 is 24.2 Å². The number of ether oxygens (including phenoxy) is 2. The molecule has 2 saturated carbocycles. The smallest absolute Gasteiger partial charge is 0.306 e. The van der Waals surface area contributed by atoms with Crippen LogP contribution < -0.4 is 0 Å². The molecule has 0 saturated heterocycles. The van der Waals surface area contributed by atoms with Crippen LogP contribution in [0.4, 0.5) is 0 Å². The zero-order chi connectivity index (χ0) is 37.2. The summed E-state index contributed by atoms with van der Waals surface area (Å²) in [6.45, 7) is 1.21. The van der Waals surface area contributed by atoms with Gasteiger partial charge in [-0.15, -0.1) is 0 Å². The number of hydrogen-bond acceptors (Lipinski definition) is 6. The van der Waals surface area contributed by atoms with Crippen LogP contribution in [-0.2, 0) is 19.1 Å². The SMILES string of the molecule is CN(CCCCO)C(CCCCC(=O)OC1CCCCCCCCCCCCCC1)CCCCC(=O)OC1CCCCCCCCCCCCCC1. The van der Waals surface area contributed by atoms with E-state index in [0.29, 0.717) is 18.9 Å². The lowest BCUT2D eigenvalue weighted by molar-refractivity contribution is -0.151. The maximum Gasteiger partial charge on any atom is 0.306 e. The number of aliphatic hydroxyl groups is 1. The monoisotopic (exact) mass is 734 g/mol. The van der Waals surface area contributed by atoms with Gasteiger partial charge in [-0.2, -0.15) is 0 Å². The van der Waals surface area contributed by atoms with E-state index in [2.05, 4.69) is 11.9 Å². The Bertz CT molecular complexity index is 731. The van der Waals surface area contributed by atoms with E-state index in [1.54, 1.807) is 0 Å². The maximum atomic E-state index is 12.9. The number of hydrogen-bond donors (Lipinski definition) is 1. The van der Waals surface area contributed by atoms with Gasteiger partial charge < -0.3 is 19.5 Å². The molecule has 6 nitrogen and oxygen atoms in total. The zero-order valence-electron chi connectivity index (χ0n) is 34.5. The highest BCUT2D eigenvalue weighted by Gasteiger charge is 2.19. The number of aliphatic hydroxyl groups excluding tert-OH is 1. The van der Waals surface area contributed by atoms with Crippen molar-refractivity contribution in [1.82, 2.24) is 4.90 Å². The molecule has 0 radical (unpaired) electrons. The normalized spacial score (nSPS) is 20.0. The van der Waals surface area contributed by atoms with Gasteiger partial charge in [0, 0.05) is 25.5 Å². The van der Waals surface area contributed by atoms with Crippen molar-refractivity contribution >= 4 is 11.9 Å². The van der Waals surface area contributed by atoms with Gasteiger partial charge in [0.25, 0.3) is 0 Å². The first-order chi connectivity index (χ1) is 25.6. The van der Waals surface area contributed by atoms with Crippen LogP contribution in [0.3, 0.4) is 0 Å². The molecule has 0 atom stereocenters. The number of carbonyl (C=O) groups is 2. The summed E-state index contributed by atoms with van der Waals surface area (Å²) in [5.41, 5.74) is 0.